The van der Waals surface area contributed by atoms with Crippen LogP contribution in [0.2, 0.25) is 0 Å². The summed E-state index contributed by atoms with van der Waals surface area (Å²) >= 11 is 0. The van der Waals surface area contributed by atoms with Crippen LogP contribution in [0, 0.1) is 11.8 Å². The van der Waals surface area contributed by atoms with Gasteiger partial charge in [-0.05, 0) is 44.4 Å². The molecular formula is C15H26F3N. The molecule has 2 aliphatic rings. The fourth-order valence-electron chi connectivity index (χ4n) is 3.81. The highest BCUT2D eigenvalue weighted by Gasteiger charge is 2.41. The maximum absolute atomic E-state index is 12.6. The summed E-state index contributed by atoms with van der Waals surface area (Å²) in [4.78, 5) is 0. The molecule has 0 amide bonds. The molecule has 0 aromatic carbocycles. The van der Waals surface area contributed by atoms with E-state index in [0.717, 1.165) is 5.92 Å². The lowest BCUT2D eigenvalue weighted by Crippen LogP contribution is -2.46. The van der Waals surface area contributed by atoms with Gasteiger partial charge in [-0.2, -0.15) is 13.2 Å². The van der Waals surface area contributed by atoms with Gasteiger partial charge in [0.1, 0.15) is 0 Å². The molecule has 4 heteroatoms. The SMILES string of the molecule is CCC1CCCCC1NC1CCC(C(F)(F)F)CC1. The molecular weight excluding hydrogens is 251 g/mol. The minimum atomic E-state index is -3.98. The van der Waals surface area contributed by atoms with Crippen LogP contribution in [-0.2, 0) is 0 Å². The summed E-state index contributed by atoms with van der Waals surface area (Å²) < 4.78 is 37.9. The molecule has 2 aliphatic carbocycles. The van der Waals surface area contributed by atoms with Crippen LogP contribution in [-0.4, -0.2) is 18.3 Å². The van der Waals surface area contributed by atoms with E-state index in [2.05, 4.69) is 12.2 Å². The quantitative estimate of drug-likeness (QED) is 0.790. The van der Waals surface area contributed by atoms with E-state index in [4.69, 9.17) is 0 Å². The van der Waals surface area contributed by atoms with E-state index in [1.165, 1.54) is 32.1 Å². The predicted molar refractivity (Wildman–Crippen MR) is 71.0 cm³/mol. The minimum absolute atomic E-state index is 0.310. The second kappa shape index (κ2) is 6.47. The van der Waals surface area contributed by atoms with Gasteiger partial charge >= 0.3 is 6.18 Å². The number of hydrogen-bond donors (Lipinski definition) is 1. The Morgan fingerprint density at radius 1 is 0.947 bits per heavy atom. The summed E-state index contributed by atoms with van der Waals surface area (Å²) in [5.41, 5.74) is 0. The van der Waals surface area contributed by atoms with Crippen LogP contribution in [0.25, 0.3) is 0 Å². The van der Waals surface area contributed by atoms with Crippen molar-refractivity contribution in [2.75, 3.05) is 0 Å². The van der Waals surface area contributed by atoms with Crippen molar-refractivity contribution < 1.29 is 13.2 Å². The normalized spacial score (nSPS) is 37.3. The van der Waals surface area contributed by atoms with Gasteiger partial charge in [-0.3, -0.25) is 0 Å². The Hall–Kier alpha value is -0.250. The van der Waals surface area contributed by atoms with Crippen LogP contribution in [0.3, 0.4) is 0 Å². The zero-order valence-electron chi connectivity index (χ0n) is 11.8. The molecule has 0 saturated heterocycles. The summed E-state index contributed by atoms with van der Waals surface area (Å²) in [7, 11) is 0. The summed E-state index contributed by atoms with van der Waals surface area (Å²) in [5, 5.41) is 3.66. The van der Waals surface area contributed by atoms with Gasteiger partial charge in [0.25, 0.3) is 0 Å². The van der Waals surface area contributed by atoms with Gasteiger partial charge in [-0.15, -0.1) is 0 Å². The van der Waals surface area contributed by atoms with Gasteiger partial charge in [0.2, 0.25) is 0 Å². The van der Waals surface area contributed by atoms with E-state index >= 15 is 0 Å². The van der Waals surface area contributed by atoms with Gasteiger partial charge in [0.05, 0.1) is 5.92 Å². The molecule has 0 spiro atoms. The molecule has 2 fully saturated rings. The predicted octanol–water partition coefficient (Wildman–Crippen LogP) is 4.67. The summed E-state index contributed by atoms with van der Waals surface area (Å²) in [6, 6.07) is 0.863. The molecule has 1 nitrogen and oxygen atoms in total. The average molecular weight is 277 g/mol. The second-order valence-electron chi connectivity index (χ2n) is 6.32. The largest absolute Gasteiger partial charge is 0.391 e. The van der Waals surface area contributed by atoms with Crippen molar-refractivity contribution in [2.45, 2.75) is 83.0 Å². The highest BCUT2D eigenvalue weighted by atomic mass is 19.4. The molecule has 2 unspecified atom stereocenters. The van der Waals surface area contributed by atoms with E-state index in [1.54, 1.807) is 0 Å². The highest BCUT2D eigenvalue weighted by molar-refractivity contribution is 4.87. The standard InChI is InChI=1S/C15H26F3N/c1-2-11-5-3-4-6-14(11)19-13-9-7-12(8-10-13)15(16,17)18/h11-14,19H,2-10H2,1H3. The van der Waals surface area contributed by atoms with Crippen molar-refractivity contribution in [2.24, 2.45) is 11.8 Å². The first-order valence-corrected chi connectivity index (χ1v) is 7.83. The maximum Gasteiger partial charge on any atom is 0.391 e. The lowest BCUT2D eigenvalue weighted by Gasteiger charge is -2.37. The van der Waals surface area contributed by atoms with Crippen molar-refractivity contribution in [1.29, 1.82) is 0 Å². The average Bonchev–Trinajstić information content (AvgIpc) is 2.39. The van der Waals surface area contributed by atoms with Crippen LogP contribution >= 0.6 is 0 Å². The Labute approximate surface area is 114 Å². The third-order valence-corrected chi connectivity index (χ3v) is 5.07. The number of alkyl halides is 3. The molecule has 112 valence electrons. The van der Waals surface area contributed by atoms with Crippen LogP contribution in [0.5, 0.6) is 0 Å². The van der Waals surface area contributed by atoms with Crippen molar-refractivity contribution >= 4 is 0 Å². The molecule has 19 heavy (non-hydrogen) atoms. The first-order chi connectivity index (χ1) is 9.00. The van der Waals surface area contributed by atoms with Crippen molar-refractivity contribution in [3.63, 3.8) is 0 Å². The monoisotopic (exact) mass is 277 g/mol. The minimum Gasteiger partial charge on any atom is -0.311 e. The Morgan fingerprint density at radius 3 is 2.16 bits per heavy atom. The molecule has 2 saturated carbocycles. The molecule has 0 aromatic heterocycles. The van der Waals surface area contributed by atoms with Crippen molar-refractivity contribution in [3.05, 3.63) is 0 Å². The van der Waals surface area contributed by atoms with E-state index in [9.17, 15) is 13.2 Å². The third kappa shape index (κ3) is 4.11. The van der Waals surface area contributed by atoms with E-state index < -0.39 is 12.1 Å². The van der Waals surface area contributed by atoms with Gasteiger partial charge in [0.15, 0.2) is 0 Å². The van der Waals surface area contributed by atoms with Crippen LogP contribution in [0.4, 0.5) is 13.2 Å². The summed E-state index contributed by atoms with van der Waals surface area (Å²) in [6.45, 7) is 2.23. The zero-order valence-corrected chi connectivity index (χ0v) is 11.8. The summed E-state index contributed by atoms with van der Waals surface area (Å²) in [6.07, 6.45) is 4.29. The Bertz CT molecular complexity index is 269. The molecule has 2 atom stereocenters. The van der Waals surface area contributed by atoms with Gasteiger partial charge in [-0.25, -0.2) is 0 Å². The van der Waals surface area contributed by atoms with Crippen LogP contribution < -0.4 is 5.32 Å². The van der Waals surface area contributed by atoms with Gasteiger partial charge in [-0.1, -0.05) is 26.2 Å². The topological polar surface area (TPSA) is 12.0 Å². The van der Waals surface area contributed by atoms with Crippen LogP contribution in [0.15, 0.2) is 0 Å². The molecule has 1 N–H and O–H groups in total. The highest BCUT2D eigenvalue weighted by Crippen LogP contribution is 2.38. The Morgan fingerprint density at radius 2 is 1.58 bits per heavy atom. The van der Waals surface area contributed by atoms with Crippen molar-refractivity contribution in [1.82, 2.24) is 5.32 Å². The van der Waals surface area contributed by atoms with E-state index in [1.807, 2.05) is 0 Å². The number of hydrogen-bond acceptors (Lipinski definition) is 1. The molecule has 0 bridgehead atoms. The number of nitrogens with one attached hydrogen (secondary N) is 1. The zero-order chi connectivity index (χ0) is 13.9. The smallest absolute Gasteiger partial charge is 0.311 e. The molecule has 0 aliphatic heterocycles. The lowest BCUT2D eigenvalue weighted by atomic mass is 9.80. The molecule has 0 radical (unpaired) electrons. The third-order valence-electron chi connectivity index (χ3n) is 5.07. The van der Waals surface area contributed by atoms with E-state index in [-0.39, 0.29) is 0 Å². The van der Waals surface area contributed by atoms with Crippen molar-refractivity contribution in [3.8, 4) is 0 Å². The number of halogens is 3. The molecule has 2 rings (SSSR count). The Kier molecular flexibility index (Phi) is 5.15. The second-order valence-corrected chi connectivity index (χ2v) is 6.32. The summed E-state index contributed by atoms with van der Waals surface area (Å²) in [5.74, 6) is -0.326. The maximum atomic E-state index is 12.6. The number of rotatable bonds is 3. The van der Waals surface area contributed by atoms with Crippen LogP contribution in [0.1, 0.15) is 64.7 Å². The van der Waals surface area contributed by atoms with E-state index in [0.29, 0.717) is 37.8 Å². The fourth-order valence-corrected chi connectivity index (χ4v) is 3.81. The lowest BCUT2D eigenvalue weighted by molar-refractivity contribution is -0.182. The first-order valence-electron chi connectivity index (χ1n) is 7.83. The Balaban J connectivity index is 1.78. The molecule has 0 heterocycles. The first kappa shape index (κ1) is 15.1. The van der Waals surface area contributed by atoms with Gasteiger partial charge in [0, 0.05) is 12.1 Å². The molecule has 0 aromatic rings. The van der Waals surface area contributed by atoms with Gasteiger partial charge < -0.3 is 5.32 Å². The fraction of sp³-hybridized carbons (Fsp3) is 1.00.